The minimum absolute atomic E-state index is 0.0993. The maximum Gasteiger partial charge on any atom is 0.354 e. The summed E-state index contributed by atoms with van der Waals surface area (Å²) in [5.74, 6) is -1.49. The van der Waals surface area contributed by atoms with Gasteiger partial charge in [0.05, 0.1) is 24.5 Å². The van der Waals surface area contributed by atoms with Crippen LogP contribution in [-0.2, 0) is 0 Å². The predicted molar refractivity (Wildman–Crippen MR) is 80.4 cm³/mol. The molecule has 0 spiro atoms. The molecule has 0 bridgehead atoms. The number of carboxylic acids is 1. The summed E-state index contributed by atoms with van der Waals surface area (Å²) in [5.41, 5.74) is -0.488. The van der Waals surface area contributed by atoms with Crippen molar-refractivity contribution in [2.75, 3.05) is 11.9 Å². The van der Waals surface area contributed by atoms with Gasteiger partial charge in [0.2, 0.25) is 0 Å². The van der Waals surface area contributed by atoms with Gasteiger partial charge < -0.3 is 15.5 Å². The van der Waals surface area contributed by atoms with Crippen LogP contribution in [0.1, 0.15) is 22.2 Å². The third-order valence-electron chi connectivity index (χ3n) is 3.30. The lowest BCUT2D eigenvalue weighted by atomic mass is 10.2. The van der Waals surface area contributed by atoms with E-state index < -0.39 is 23.4 Å². The van der Waals surface area contributed by atoms with Gasteiger partial charge >= 0.3 is 5.97 Å². The normalized spacial score (nSPS) is 12.2. The number of anilines is 1. The number of aliphatic hydroxyl groups is 1. The fourth-order valence-corrected chi connectivity index (χ4v) is 2.16. The molecule has 1 atom stereocenters. The highest BCUT2D eigenvalue weighted by molar-refractivity contribution is 5.85. The molecule has 3 aromatic rings. The van der Waals surface area contributed by atoms with Crippen molar-refractivity contribution in [3.8, 4) is 0 Å². The van der Waals surface area contributed by atoms with Crippen molar-refractivity contribution >= 4 is 17.4 Å². The van der Waals surface area contributed by atoms with Crippen LogP contribution in [0, 0.1) is 5.82 Å². The maximum absolute atomic E-state index is 12.9. The van der Waals surface area contributed by atoms with Crippen LogP contribution in [-0.4, -0.2) is 42.4 Å². The SMILES string of the molecule is O=C(O)c1cc(=O)n2[nH]c(C(CO)Nc3ccc(F)cn3)cc2n1. The predicted octanol–water partition coefficient (Wildman–Crippen LogP) is 0.400. The molecule has 0 saturated carbocycles. The largest absolute Gasteiger partial charge is 0.477 e. The summed E-state index contributed by atoms with van der Waals surface area (Å²) in [6.07, 6.45) is 1.02. The highest BCUT2D eigenvalue weighted by Gasteiger charge is 2.17. The second-order valence-electron chi connectivity index (χ2n) is 4.93. The Bertz CT molecular complexity index is 950. The van der Waals surface area contributed by atoms with Gasteiger partial charge in [-0.2, -0.15) is 0 Å². The molecule has 0 radical (unpaired) electrons. The Morgan fingerprint density at radius 3 is 2.83 bits per heavy atom. The van der Waals surface area contributed by atoms with Crippen molar-refractivity contribution in [1.82, 2.24) is 19.6 Å². The van der Waals surface area contributed by atoms with Crippen molar-refractivity contribution < 1.29 is 19.4 Å². The number of aromatic nitrogens is 4. The van der Waals surface area contributed by atoms with Crippen LogP contribution in [0.3, 0.4) is 0 Å². The van der Waals surface area contributed by atoms with Crippen molar-refractivity contribution in [2.24, 2.45) is 0 Å². The van der Waals surface area contributed by atoms with Crippen molar-refractivity contribution in [1.29, 1.82) is 0 Å². The van der Waals surface area contributed by atoms with E-state index in [-0.39, 0.29) is 17.9 Å². The molecule has 1 unspecified atom stereocenters. The Morgan fingerprint density at radius 2 is 2.21 bits per heavy atom. The quantitative estimate of drug-likeness (QED) is 0.531. The Hall–Kier alpha value is -3.27. The average Bonchev–Trinajstić information content (AvgIpc) is 2.98. The van der Waals surface area contributed by atoms with E-state index in [9.17, 15) is 19.1 Å². The molecule has 0 saturated heterocycles. The fourth-order valence-electron chi connectivity index (χ4n) is 2.16. The van der Waals surface area contributed by atoms with Gasteiger partial charge in [0.25, 0.3) is 5.56 Å². The first-order chi connectivity index (χ1) is 11.5. The van der Waals surface area contributed by atoms with Gasteiger partial charge in [0.1, 0.15) is 11.6 Å². The Kier molecular flexibility index (Phi) is 3.96. The lowest BCUT2D eigenvalue weighted by Crippen LogP contribution is -2.19. The number of hydrogen-bond donors (Lipinski definition) is 4. The third kappa shape index (κ3) is 2.94. The summed E-state index contributed by atoms with van der Waals surface area (Å²) in [5, 5.41) is 24.1. The number of halogens is 1. The molecule has 124 valence electrons. The molecule has 3 heterocycles. The zero-order valence-electron chi connectivity index (χ0n) is 12.1. The number of pyridine rings is 1. The molecular formula is C14H12FN5O4. The van der Waals surface area contributed by atoms with Crippen molar-refractivity contribution in [3.05, 3.63) is 58.0 Å². The minimum Gasteiger partial charge on any atom is -0.477 e. The van der Waals surface area contributed by atoms with Gasteiger partial charge in [-0.25, -0.2) is 23.7 Å². The van der Waals surface area contributed by atoms with E-state index in [4.69, 9.17) is 5.11 Å². The Labute approximate surface area is 133 Å². The van der Waals surface area contributed by atoms with E-state index in [2.05, 4.69) is 20.4 Å². The van der Waals surface area contributed by atoms with Crippen LogP contribution in [0.5, 0.6) is 0 Å². The monoisotopic (exact) mass is 333 g/mol. The van der Waals surface area contributed by atoms with Gasteiger partial charge in [0, 0.05) is 12.1 Å². The number of rotatable bonds is 5. The number of aromatic carboxylic acids is 1. The number of fused-ring (bicyclic) bond motifs is 1. The average molecular weight is 333 g/mol. The number of aliphatic hydroxyl groups excluding tert-OH is 1. The summed E-state index contributed by atoms with van der Waals surface area (Å²) < 4.78 is 13.9. The summed E-state index contributed by atoms with van der Waals surface area (Å²) >= 11 is 0. The Morgan fingerprint density at radius 1 is 1.42 bits per heavy atom. The second-order valence-corrected chi connectivity index (χ2v) is 4.93. The summed E-state index contributed by atoms with van der Waals surface area (Å²) in [4.78, 5) is 30.5. The number of carboxylic acid groups (broad SMARTS) is 1. The maximum atomic E-state index is 12.9. The van der Waals surface area contributed by atoms with E-state index in [1.807, 2.05) is 0 Å². The van der Waals surface area contributed by atoms with Crippen molar-refractivity contribution in [2.45, 2.75) is 6.04 Å². The first-order valence-corrected chi connectivity index (χ1v) is 6.83. The summed E-state index contributed by atoms with van der Waals surface area (Å²) in [6.45, 7) is -0.355. The number of hydrogen-bond acceptors (Lipinski definition) is 6. The number of carbonyl (C=O) groups is 1. The fraction of sp³-hybridized carbons (Fsp3) is 0.143. The van der Waals surface area contributed by atoms with E-state index >= 15 is 0 Å². The highest BCUT2D eigenvalue weighted by atomic mass is 19.1. The molecule has 4 N–H and O–H groups in total. The number of nitrogens with zero attached hydrogens (tertiary/aromatic N) is 3. The number of nitrogens with one attached hydrogen (secondary N) is 2. The van der Waals surface area contributed by atoms with E-state index in [1.165, 1.54) is 18.2 Å². The lowest BCUT2D eigenvalue weighted by molar-refractivity contribution is 0.0690. The molecule has 3 aromatic heterocycles. The van der Waals surface area contributed by atoms with Crippen LogP contribution in [0.2, 0.25) is 0 Å². The van der Waals surface area contributed by atoms with Crippen LogP contribution >= 0.6 is 0 Å². The highest BCUT2D eigenvalue weighted by Crippen LogP contribution is 2.17. The van der Waals surface area contributed by atoms with Crippen LogP contribution in [0.15, 0.2) is 35.3 Å². The molecule has 0 fully saturated rings. The summed E-state index contributed by atoms with van der Waals surface area (Å²) in [7, 11) is 0. The molecule has 10 heteroatoms. The molecular weight excluding hydrogens is 321 g/mol. The number of aromatic amines is 1. The van der Waals surface area contributed by atoms with Gasteiger partial charge in [0.15, 0.2) is 11.3 Å². The second kappa shape index (κ2) is 6.08. The van der Waals surface area contributed by atoms with Crippen LogP contribution in [0.25, 0.3) is 5.65 Å². The smallest absolute Gasteiger partial charge is 0.354 e. The molecule has 9 nitrogen and oxygen atoms in total. The molecule has 0 amide bonds. The van der Waals surface area contributed by atoms with Gasteiger partial charge in [-0.05, 0) is 12.1 Å². The molecule has 0 aliphatic carbocycles. The van der Waals surface area contributed by atoms with E-state index in [1.54, 1.807) is 0 Å². The lowest BCUT2D eigenvalue weighted by Gasteiger charge is -2.14. The Balaban J connectivity index is 1.97. The third-order valence-corrected chi connectivity index (χ3v) is 3.30. The topological polar surface area (TPSA) is 133 Å². The standard InChI is InChI=1S/C14H12FN5O4/c15-7-1-2-11(16-5-7)17-10(6-21)8-3-12-18-9(14(23)24)4-13(22)20(12)19-8/h1-5,10,19,21H,6H2,(H,16,17)(H,23,24). The summed E-state index contributed by atoms with van der Waals surface area (Å²) in [6, 6.07) is 4.25. The zero-order chi connectivity index (χ0) is 17.3. The minimum atomic E-state index is -1.32. The molecule has 24 heavy (non-hydrogen) atoms. The van der Waals surface area contributed by atoms with E-state index in [0.717, 1.165) is 16.8 Å². The molecule has 0 aliphatic heterocycles. The number of H-pyrrole nitrogens is 1. The van der Waals surface area contributed by atoms with Gasteiger partial charge in [-0.15, -0.1) is 0 Å². The van der Waals surface area contributed by atoms with Crippen LogP contribution < -0.4 is 10.9 Å². The zero-order valence-corrected chi connectivity index (χ0v) is 12.1. The molecule has 3 rings (SSSR count). The van der Waals surface area contributed by atoms with Crippen LogP contribution in [0.4, 0.5) is 10.2 Å². The first-order valence-electron chi connectivity index (χ1n) is 6.83. The van der Waals surface area contributed by atoms with Crippen molar-refractivity contribution in [3.63, 3.8) is 0 Å². The van der Waals surface area contributed by atoms with Gasteiger partial charge in [-0.1, -0.05) is 0 Å². The molecule has 0 aromatic carbocycles. The first kappa shape index (κ1) is 15.6. The van der Waals surface area contributed by atoms with Gasteiger partial charge in [-0.3, -0.25) is 9.89 Å². The molecule has 0 aliphatic rings. The van der Waals surface area contributed by atoms with E-state index in [0.29, 0.717) is 11.5 Å².